The first kappa shape index (κ1) is 14.8. The highest BCUT2D eigenvalue weighted by molar-refractivity contribution is 7.18. The van der Waals surface area contributed by atoms with Crippen LogP contribution in [0.25, 0.3) is 10.6 Å². The van der Waals surface area contributed by atoms with Crippen LogP contribution in [0.4, 0.5) is 5.13 Å². The van der Waals surface area contributed by atoms with Crippen LogP contribution in [-0.2, 0) is 4.79 Å². The van der Waals surface area contributed by atoms with Gasteiger partial charge in [0, 0.05) is 5.56 Å². The van der Waals surface area contributed by atoms with Gasteiger partial charge in [0.2, 0.25) is 5.13 Å². The molecule has 0 unspecified atom stereocenters. The van der Waals surface area contributed by atoms with E-state index >= 15 is 0 Å². The summed E-state index contributed by atoms with van der Waals surface area (Å²) in [5.41, 5.74) is 0.719. The lowest BCUT2D eigenvalue weighted by Gasteiger charge is -2.08. The van der Waals surface area contributed by atoms with E-state index in [1.807, 2.05) is 6.07 Å². The van der Waals surface area contributed by atoms with Crippen molar-refractivity contribution in [2.24, 2.45) is 0 Å². The van der Waals surface area contributed by atoms with E-state index < -0.39 is 9.70 Å². The molecule has 0 aliphatic carbocycles. The molecule has 0 fully saturated rings. The number of aromatic nitrogens is 2. The van der Waals surface area contributed by atoms with Crippen LogP contribution < -0.4 is 5.32 Å². The molecule has 0 radical (unpaired) electrons. The molecule has 0 spiro atoms. The Labute approximate surface area is 132 Å². The summed E-state index contributed by atoms with van der Waals surface area (Å²) in [6.07, 6.45) is 0. The second kappa shape index (κ2) is 5.81. The minimum absolute atomic E-state index is 0.228. The van der Waals surface area contributed by atoms with Gasteiger partial charge in [-0.3, -0.25) is 10.1 Å². The number of hydrogen-bond acceptors (Lipinski definition) is 4. The normalized spacial score (nSPS) is 11.4. The number of halogens is 4. The summed E-state index contributed by atoms with van der Waals surface area (Å²) >= 11 is 23.5. The number of nitrogens with one attached hydrogen (secondary N) is 1. The zero-order valence-electron chi connectivity index (χ0n) is 9.03. The number of rotatable bonds is 2. The summed E-state index contributed by atoms with van der Waals surface area (Å²) in [7, 11) is 0. The smallest absolute Gasteiger partial charge is 0.278 e. The SMILES string of the molecule is O=C(Nc1nnc(-c2ccccc2Cl)s1)C(Cl)(Cl)Cl. The average Bonchev–Trinajstić information content (AvgIpc) is 2.76. The first-order chi connectivity index (χ1) is 8.88. The molecule has 19 heavy (non-hydrogen) atoms. The molecule has 2 rings (SSSR count). The molecule has 1 aromatic heterocycles. The van der Waals surface area contributed by atoms with Crippen LogP contribution in [0.3, 0.4) is 0 Å². The van der Waals surface area contributed by atoms with Gasteiger partial charge in [-0.05, 0) is 6.07 Å². The van der Waals surface area contributed by atoms with Crippen molar-refractivity contribution in [2.75, 3.05) is 5.32 Å². The van der Waals surface area contributed by atoms with Crippen LogP contribution in [0, 0.1) is 0 Å². The molecule has 100 valence electrons. The lowest BCUT2D eigenvalue weighted by Crippen LogP contribution is -2.26. The fourth-order valence-corrected chi connectivity index (χ4v) is 2.39. The minimum Gasteiger partial charge on any atom is -0.297 e. The van der Waals surface area contributed by atoms with Crippen LogP contribution in [0.5, 0.6) is 0 Å². The van der Waals surface area contributed by atoms with Crippen molar-refractivity contribution in [2.45, 2.75) is 3.79 Å². The average molecular weight is 357 g/mol. The molecule has 0 saturated carbocycles. The Kier molecular flexibility index (Phi) is 4.53. The molecule has 1 aromatic carbocycles. The molecule has 1 heterocycles. The fourth-order valence-electron chi connectivity index (χ4n) is 1.19. The van der Waals surface area contributed by atoms with E-state index in [9.17, 15) is 4.79 Å². The number of amides is 1. The van der Waals surface area contributed by atoms with E-state index in [4.69, 9.17) is 46.4 Å². The number of nitrogens with zero attached hydrogens (tertiary/aromatic N) is 2. The van der Waals surface area contributed by atoms with Gasteiger partial charge in [-0.2, -0.15) is 0 Å². The Morgan fingerprint density at radius 1 is 1.21 bits per heavy atom. The van der Waals surface area contributed by atoms with Gasteiger partial charge in [-0.15, -0.1) is 10.2 Å². The summed E-state index contributed by atoms with van der Waals surface area (Å²) in [6, 6.07) is 7.15. The molecule has 9 heteroatoms. The molecule has 0 aliphatic rings. The van der Waals surface area contributed by atoms with Gasteiger partial charge in [0.25, 0.3) is 9.70 Å². The van der Waals surface area contributed by atoms with E-state index in [2.05, 4.69) is 15.5 Å². The summed E-state index contributed by atoms with van der Waals surface area (Å²) < 4.78 is -2.05. The maximum absolute atomic E-state index is 11.5. The van der Waals surface area contributed by atoms with Crippen molar-refractivity contribution in [1.82, 2.24) is 10.2 Å². The molecule has 4 nitrogen and oxygen atoms in total. The Hall–Kier alpha value is -0.590. The minimum atomic E-state index is -2.05. The fraction of sp³-hybridized carbons (Fsp3) is 0.100. The van der Waals surface area contributed by atoms with Crippen molar-refractivity contribution in [1.29, 1.82) is 0 Å². The van der Waals surface area contributed by atoms with Crippen molar-refractivity contribution < 1.29 is 4.79 Å². The summed E-state index contributed by atoms with van der Waals surface area (Å²) in [6.45, 7) is 0. The number of carbonyl (C=O) groups is 1. The maximum Gasteiger partial charge on any atom is 0.278 e. The zero-order chi connectivity index (χ0) is 14.0. The molecule has 0 atom stereocenters. The van der Waals surface area contributed by atoms with E-state index in [1.165, 1.54) is 0 Å². The number of anilines is 1. The quantitative estimate of drug-likeness (QED) is 0.821. The van der Waals surface area contributed by atoms with Crippen LogP contribution in [0.2, 0.25) is 5.02 Å². The van der Waals surface area contributed by atoms with Crippen LogP contribution in [0.15, 0.2) is 24.3 Å². The Bertz CT molecular complexity index is 611. The molecule has 1 amide bonds. The van der Waals surface area contributed by atoms with E-state index in [0.29, 0.717) is 10.0 Å². The van der Waals surface area contributed by atoms with Gasteiger partial charge in [-0.25, -0.2) is 0 Å². The van der Waals surface area contributed by atoms with Crippen LogP contribution in [-0.4, -0.2) is 19.9 Å². The van der Waals surface area contributed by atoms with E-state index in [0.717, 1.165) is 16.9 Å². The van der Waals surface area contributed by atoms with Gasteiger partial charge >= 0.3 is 0 Å². The molecular formula is C10H5Cl4N3OS. The predicted molar refractivity (Wildman–Crippen MR) is 79.3 cm³/mol. The number of hydrogen-bond donors (Lipinski definition) is 1. The highest BCUT2D eigenvalue weighted by atomic mass is 35.6. The summed E-state index contributed by atoms with van der Waals surface area (Å²) in [4.78, 5) is 11.5. The monoisotopic (exact) mass is 355 g/mol. The van der Waals surface area contributed by atoms with Gasteiger partial charge < -0.3 is 0 Å². The molecule has 1 N–H and O–H groups in total. The molecule has 0 saturated heterocycles. The molecule has 0 bridgehead atoms. The van der Waals surface area contributed by atoms with Crippen molar-refractivity contribution in [3.63, 3.8) is 0 Å². The van der Waals surface area contributed by atoms with Gasteiger partial charge in [-0.1, -0.05) is 75.9 Å². The lowest BCUT2D eigenvalue weighted by molar-refractivity contribution is -0.115. The highest BCUT2D eigenvalue weighted by Crippen LogP contribution is 2.33. The van der Waals surface area contributed by atoms with Gasteiger partial charge in [0.05, 0.1) is 5.02 Å². The van der Waals surface area contributed by atoms with Crippen LogP contribution >= 0.6 is 57.7 Å². The molecular weight excluding hydrogens is 352 g/mol. The Balaban J connectivity index is 2.21. The first-order valence-electron chi connectivity index (χ1n) is 4.84. The first-order valence-corrected chi connectivity index (χ1v) is 7.17. The predicted octanol–water partition coefficient (Wildman–Crippen LogP) is 4.17. The molecule has 0 aliphatic heterocycles. The largest absolute Gasteiger partial charge is 0.297 e. The lowest BCUT2D eigenvalue weighted by atomic mass is 10.2. The molecule has 2 aromatic rings. The van der Waals surface area contributed by atoms with E-state index in [1.54, 1.807) is 18.2 Å². The van der Waals surface area contributed by atoms with E-state index in [-0.39, 0.29) is 5.13 Å². The number of carbonyl (C=O) groups excluding carboxylic acids is 1. The maximum atomic E-state index is 11.5. The Morgan fingerprint density at radius 2 is 1.89 bits per heavy atom. The Morgan fingerprint density at radius 3 is 2.53 bits per heavy atom. The zero-order valence-corrected chi connectivity index (χ0v) is 12.9. The number of alkyl halides is 3. The highest BCUT2D eigenvalue weighted by Gasteiger charge is 2.31. The standard InChI is InChI=1S/C10H5Cl4N3OS/c11-6-4-2-1-3-5(6)7-16-17-9(19-7)15-8(18)10(12,13)14/h1-4H,(H,15,17,18). The second-order valence-electron chi connectivity index (χ2n) is 3.34. The summed E-state index contributed by atoms with van der Waals surface area (Å²) in [5, 5.41) is 11.4. The van der Waals surface area contributed by atoms with Crippen molar-refractivity contribution in [3.05, 3.63) is 29.3 Å². The summed E-state index contributed by atoms with van der Waals surface area (Å²) in [5.74, 6) is -0.792. The van der Waals surface area contributed by atoms with Gasteiger partial charge in [0.1, 0.15) is 0 Å². The van der Waals surface area contributed by atoms with Crippen molar-refractivity contribution >= 4 is 68.8 Å². The third-order valence-electron chi connectivity index (χ3n) is 2.01. The van der Waals surface area contributed by atoms with Crippen LogP contribution in [0.1, 0.15) is 0 Å². The van der Waals surface area contributed by atoms with Crippen molar-refractivity contribution in [3.8, 4) is 10.6 Å². The second-order valence-corrected chi connectivity index (χ2v) is 7.01. The third kappa shape index (κ3) is 3.70. The number of benzene rings is 1. The third-order valence-corrected chi connectivity index (χ3v) is 3.72. The van der Waals surface area contributed by atoms with Gasteiger partial charge in [0.15, 0.2) is 5.01 Å². The topological polar surface area (TPSA) is 54.9 Å².